The van der Waals surface area contributed by atoms with E-state index in [1.807, 2.05) is 54.6 Å². The molecule has 5 heteroatoms. The first-order chi connectivity index (χ1) is 41.6. The number of hydrogen-bond donors (Lipinski definition) is 0. The molecule has 70 heavy (non-hydrogen) atoms. The number of benzene rings is 8. The van der Waals surface area contributed by atoms with Gasteiger partial charge in [-0.05, 0) is 98.6 Å². The molecule has 0 N–H and O–H groups in total. The van der Waals surface area contributed by atoms with Crippen molar-refractivity contribution in [3.63, 3.8) is 0 Å². The molecule has 3 heterocycles. The molecule has 0 saturated carbocycles. The predicted molar refractivity (Wildman–Crippen MR) is 295 cm³/mol. The van der Waals surface area contributed by atoms with Crippen LogP contribution in [0.25, 0.3) is 61.0 Å². The van der Waals surface area contributed by atoms with E-state index in [2.05, 4.69) is 74.5 Å². The summed E-state index contributed by atoms with van der Waals surface area (Å²) in [5.74, 6) is -3.60. The summed E-state index contributed by atoms with van der Waals surface area (Å²) < 4.78 is 175. The molecule has 0 fully saturated rings. The fourth-order valence-electron chi connectivity index (χ4n) is 9.24. The molecule has 0 amide bonds. The molecule has 1 aliphatic heterocycles. The molecule has 0 radical (unpaired) electrons. The Morgan fingerprint density at radius 1 is 0.571 bits per heavy atom. The van der Waals surface area contributed by atoms with Crippen LogP contribution in [-0.2, 0) is 10.8 Å². The molecule has 0 atom stereocenters. The Kier molecular flexibility index (Phi) is 7.01. The SMILES string of the molecule is [2H]c1nc(-n2c3ccccc3c3ccc(Oc4cccc(N5CN(c6c(-c7cc(C(C)(C)C)cc(C(C)(C)C)c7)cccc6-c6c([2H])c([2H])c([2H])c([2H])c6[2H])c6ccccc65)c4)cc32)c([2H])c(C([2H])(C([2H])([2H])[2H])C([2H])([2H])[2H])c1-c1c([2H])c([2H])c([2H])c([2H])c1[2H]. The Morgan fingerprint density at radius 2 is 1.17 bits per heavy atom. The van der Waals surface area contributed by atoms with Gasteiger partial charge in [-0.25, -0.2) is 4.98 Å². The van der Waals surface area contributed by atoms with Gasteiger partial charge in [-0.15, -0.1) is 0 Å². The highest BCUT2D eigenvalue weighted by Crippen LogP contribution is 2.51. The van der Waals surface area contributed by atoms with E-state index in [1.54, 1.807) is 54.6 Å². The number of rotatable bonds is 9. The van der Waals surface area contributed by atoms with E-state index in [4.69, 9.17) is 23.9 Å². The van der Waals surface area contributed by atoms with Crippen LogP contribution in [0.5, 0.6) is 11.5 Å². The van der Waals surface area contributed by atoms with Crippen LogP contribution in [0, 0.1) is 0 Å². The van der Waals surface area contributed by atoms with Gasteiger partial charge >= 0.3 is 0 Å². The first kappa shape index (κ1) is 27.9. The topological polar surface area (TPSA) is 33.5 Å². The molecule has 0 saturated heterocycles. The number of pyridine rings is 1. The van der Waals surface area contributed by atoms with E-state index in [0.717, 1.165) is 33.6 Å². The van der Waals surface area contributed by atoms with Crippen molar-refractivity contribution >= 4 is 44.6 Å². The van der Waals surface area contributed by atoms with Gasteiger partial charge in [-0.3, -0.25) is 4.57 Å². The van der Waals surface area contributed by atoms with Crippen LogP contribution < -0.4 is 14.5 Å². The van der Waals surface area contributed by atoms with Crippen molar-refractivity contribution in [3.8, 4) is 50.7 Å². The number of aromatic nitrogens is 2. The first-order valence-corrected chi connectivity index (χ1v) is 23.0. The molecule has 5 nitrogen and oxygen atoms in total. The lowest BCUT2D eigenvalue weighted by atomic mass is 9.78. The predicted octanol–water partition coefficient (Wildman–Crippen LogP) is 17.9. The second kappa shape index (κ2) is 17.6. The highest BCUT2D eigenvalue weighted by Gasteiger charge is 2.32. The van der Waals surface area contributed by atoms with Crippen molar-refractivity contribution < 1.29 is 30.8 Å². The summed E-state index contributed by atoms with van der Waals surface area (Å²) in [5.41, 5.74) is 4.53. The largest absolute Gasteiger partial charge is 0.457 e. The molecule has 1 aliphatic rings. The molecule has 346 valence electrons. The van der Waals surface area contributed by atoms with E-state index in [1.165, 1.54) is 4.57 Å². The summed E-state index contributed by atoms with van der Waals surface area (Å²) >= 11 is 0. The average Bonchev–Trinajstić information content (AvgIpc) is 1.66. The van der Waals surface area contributed by atoms with E-state index in [9.17, 15) is 6.85 Å². The molecule has 0 unspecified atom stereocenters. The van der Waals surface area contributed by atoms with Gasteiger partial charge in [0.05, 0.1) is 44.5 Å². The third-order valence-electron chi connectivity index (χ3n) is 12.8. The van der Waals surface area contributed by atoms with Gasteiger partial charge in [0.15, 0.2) is 0 Å². The van der Waals surface area contributed by atoms with E-state index in [-0.39, 0.29) is 40.9 Å². The molecule has 0 spiro atoms. The smallest absolute Gasteiger partial charge is 0.137 e. The van der Waals surface area contributed by atoms with E-state index >= 15 is 0 Å². The summed E-state index contributed by atoms with van der Waals surface area (Å²) in [5, 5.41) is 1.15. The number of para-hydroxylation sites is 4. The standard InChI is InChI=1S/C65H60N4O/c1-43(2)56-40-62(66-41-57(56)45-23-13-10-14-24-45)69-58-30-16-15-27-54(58)55-34-33-51(39-61(55)69)70-50-26-19-25-49(38-50)67-42-68(60-32-18-17-31-59(60)67)63-52(44-21-11-9-12-22-44)28-20-29-53(63)46-35-47(64(3,4)5)37-48(36-46)65(6,7)8/h9-41,43H,42H2,1-8H3/i1D3,2D3,9D,10D,11D,12D,13D,14D,21D,22D,23D,24D,40D,41D,43D. The molecule has 11 rings (SSSR count). The van der Waals surface area contributed by atoms with Crippen LogP contribution in [0.4, 0.5) is 22.7 Å². The Bertz CT molecular complexity index is 4470. The van der Waals surface area contributed by atoms with E-state index < -0.39 is 103 Å². The zero-order chi connectivity index (χ0) is 64.7. The summed E-state index contributed by atoms with van der Waals surface area (Å²) in [6.45, 7) is 5.60. The van der Waals surface area contributed by atoms with Gasteiger partial charge in [0, 0.05) is 61.1 Å². The van der Waals surface area contributed by atoms with Crippen LogP contribution in [0.1, 0.15) is 104 Å². The van der Waals surface area contributed by atoms with Crippen molar-refractivity contribution in [3.05, 3.63) is 217 Å². The molecule has 0 aliphatic carbocycles. The highest BCUT2D eigenvalue weighted by atomic mass is 16.5. The van der Waals surface area contributed by atoms with Crippen LogP contribution in [0.3, 0.4) is 0 Å². The van der Waals surface area contributed by atoms with Gasteiger partial charge in [0.2, 0.25) is 0 Å². The fraction of sp³-hybridized carbons (Fsp3) is 0.185. The number of anilines is 4. The molecule has 2 aromatic heterocycles. The number of fused-ring (bicyclic) bond motifs is 4. The summed E-state index contributed by atoms with van der Waals surface area (Å²) in [6.07, 6.45) is -0.954. The third kappa shape index (κ3) is 8.19. The minimum Gasteiger partial charge on any atom is -0.457 e. The molecule has 0 bridgehead atoms. The van der Waals surface area contributed by atoms with Crippen molar-refractivity contribution in [2.45, 2.75) is 72.0 Å². The lowest BCUT2D eigenvalue weighted by Crippen LogP contribution is -2.25. The quantitative estimate of drug-likeness (QED) is 0.144. The monoisotopic (exact) mass is 932 g/mol. The zero-order valence-electron chi connectivity index (χ0n) is 58.5. The van der Waals surface area contributed by atoms with Gasteiger partial charge in [0.1, 0.15) is 24.0 Å². The number of nitrogens with zero attached hydrogens (tertiary/aromatic N) is 4. The summed E-state index contributed by atoms with van der Waals surface area (Å²) in [7, 11) is 0. The second-order valence-electron chi connectivity index (χ2n) is 19.4. The Balaban J connectivity index is 1.06. The van der Waals surface area contributed by atoms with Gasteiger partial charge in [-0.1, -0.05) is 188 Å². The first-order valence-electron chi connectivity index (χ1n) is 32.5. The maximum absolute atomic E-state index is 9.82. The minimum atomic E-state index is -3.76. The normalized spacial score (nSPS) is 17.3. The Morgan fingerprint density at radius 3 is 1.86 bits per heavy atom. The minimum absolute atomic E-state index is 0.0506. The highest BCUT2D eigenvalue weighted by molar-refractivity contribution is 6.09. The molecular weight excluding hydrogens is 853 g/mol. The van der Waals surface area contributed by atoms with E-state index in [0.29, 0.717) is 44.5 Å². The maximum Gasteiger partial charge on any atom is 0.137 e. The lowest BCUT2D eigenvalue weighted by Gasteiger charge is -2.29. The van der Waals surface area contributed by atoms with Crippen molar-refractivity contribution in [1.29, 1.82) is 0 Å². The van der Waals surface area contributed by atoms with Gasteiger partial charge in [0.25, 0.3) is 0 Å². The lowest BCUT2D eigenvalue weighted by molar-refractivity contribution is 0.483. The Labute approximate surface area is 440 Å². The zero-order valence-corrected chi connectivity index (χ0v) is 39.5. The van der Waals surface area contributed by atoms with Crippen LogP contribution >= 0.6 is 0 Å². The van der Waals surface area contributed by atoms with Crippen molar-refractivity contribution in [2.24, 2.45) is 0 Å². The van der Waals surface area contributed by atoms with Crippen molar-refractivity contribution in [1.82, 2.24) is 9.55 Å². The van der Waals surface area contributed by atoms with Gasteiger partial charge in [-0.2, -0.15) is 0 Å². The van der Waals surface area contributed by atoms with Gasteiger partial charge < -0.3 is 14.5 Å². The second-order valence-corrected chi connectivity index (χ2v) is 19.4. The number of ether oxygens (including phenoxy) is 1. The molecule has 10 aromatic rings. The number of hydrogen-bond acceptors (Lipinski definition) is 4. The van der Waals surface area contributed by atoms with Crippen LogP contribution in [0.2, 0.25) is 0 Å². The Hall–Kier alpha value is -7.89. The fourth-order valence-corrected chi connectivity index (χ4v) is 9.24. The third-order valence-corrected chi connectivity index (χ3v) is 12.8. The molecular formula is C65H60N4O. The molecule has 8 aromatic carbocycles. The summed E-state index contributed by atoms with van der Waals surface area (Å²) in [6, 6.07) is 31.8. The maximum atomic E-state index is 9.82. The van der Waals surface area contributed by atoms with Crippen molar-refractivity contribution in [2.75, 3.05) is 16.5 Å². The average molecular weight is 932 g/mol. The van der Waals surface area contributed by atoms with Crippen LogP contribution in [0.15, 0.2) is 200 Å². The summed E-state index contributed by atoms with van der Waals surface area (Å²) in [4.78, 5) is 8.64. The van der Waals surface area contributed by atoms with Crippen LogP contribution in [-0.4, -0.2) is 16.2 Å².